The number of hydrogen-bond donors (Lipinski definition) is 1. The molecule has 0 bridgehead atoms. The van der Waals surface area contributed by atoms with Crippen molar-refractivity contribution in [2.75, 3.05) is 0 Å². The molecule has 3 nitrogen and oxygen atoms in total. The predicted molar refractivity (Wildman–Crippen MR) is 98.7 cm³/mol. The number of allylic oxidation sites excluding steroid dienone is 1. The molecular formula is C22H18O3. The van der Waals surface area contributed by atoms with Gasteiger partial charge in [-0.2, -0.15) is 0 Å². The van der Waals surface area contributed by atoms with Crippen LogP contribution in [0.25, 0.3) is 6.08 Å². The van der Waals surface area contributed by atoms with Crippen LogP contribution < -0.4 is 4.74 Å². The summed E-state index contributed by atoms with van der Waals surface area (Å²) in [6.07, 6.45) is 3.18. The fourth-order valence-corrected chi connectivity index (χ4v) is 2.38. The zero-order valence-corrected chi connectivity index (χ0v) is 13.6. The summed E-state index contributed by atoms with van der Waals surface area (Å²) in [4.78, 5) is 12.2. The highest BCUT2D eigenvalue weighted by Gasteiger charge is 2.09. The number of phenolic OH excluding ortho intramolecular Hbond substituents is 1. The smallest absolute Gasteiger partial charge is 0.189 e. The Morgan fingerprint density at radius 3 is 2.28 bits per heavy atom. The number of ether oxygens (including phenoxy) is 1. The third kappa shape index (κ3) is 4.58. The van der Waals surface area contributed by atoms with E-state index in [9.17, 15) is 9.90 Å². The van der Waals surface area contributed by atoms with E-state index in [-0.39, 0.29) is 17.1 Å². The molecule has 0 saturated heterocycles. The van der Waals surface area contributed by atoms with Crippen LogP contribution in [0.15, 0.2) is 84.9 Å². The van der Waals surface area contributed by atoms with Gasteiger partial charge in [0, 0.05) is 6.07 Å². The average Bonchev–Trinajstić information content (AvgIpc) is 2.66. The summed E-state index contributed by atoms with van der Waals surface area (Å²) < 4.78 is 5.65. The first-order valence-corrected chi connectivity index (χ1v) is 7.99. The lowest BCUT2D eigenvalue weighted by molar-refractivity contribution is 0.104. The normalized spacial score (nSPS) is 10.7. The van der Waals surface area contributed by atoms with Gasteiger partial charge in [0.2, 0.25) is 0 Å². The Morgan fingerprint density at radius 1 is 0.920 bits per heavy atom. The van der Waals surface area contributed by atoms with E-state index in [4.69, 9.17) is 4.74 Å². The van der Waals surface area contributed by atoms with E-state index in [0.29, 0.717) is 12.4 Å². The van der Waals surface area contributed by atoms with Gasteiger partial charge in [-0.05, 0) is 29.3 Å². The van der Waals surface area contributed by atoms with E-state index in [1.165, 1.54) is 12.1 Å². The van der Waals surface area contributed by atoms with Crippen LogP contribution in [0, 0.1) is 0 Å². The van der Waals surface area contributed by atoms with Crippen LogP contribution in [-0.4, -0.2) is 10.9 Å². The third-order valence-corrected chi connectivity index (χ3v) is 3.71. The molecule has 3 heteroatoms. The zero-order chi connectivity index (χ0) is 17.5. The first-order chi connectivity index (χ1) is 12.2. The van der Waals surface area contributed by atoms with Crippen molar-refractivity contribution in [3.8, 4) is 11.5 Å². The number of aromatic hydroxyl groups is 1. The second-order valence-electron chi connectivity index (χ2n) is 5.56. The molecule has 0 aliphatic carbocycles. The number of phenols is 1. The van der Waals surface area contributed by atoms with Crippen molar-refractivity contribution < 1.29 is 14.6 Å². The molecule has 0 saturated carbocycles. The van der Waals surface area contributed by atoms with Gasteiger partial charge in [0.05, 0.1) is 5.56 Å². The lowest BCUT2D eigenvalue weighted by Crippen LogP contribution is -1.98. The molecule has 0 unspecified atom stereocenters. The number of hydrogen-bond acceptors (Lipinski definition) is 3. The van der Waals surface area contributed by atoms with Crippen molar-refractivity contribution in [3.63, 3.8) is 0 Å². The largest absolute Gasteiger partial charge is 0.507 e. The fraction of sp³-hybridized carbons (Fsp3) is 0.0455. The SMILES string of the molecule is O=C(/C=C\c1ccccc1)c1ccc(OCc2ccccc2)cc1O. The van der Waals surface area contributed by atoms with Crippen LogP contribution in [0.4, 0.5) is 0 Å². The van der Waals surface area contributed by atoms with E-state index >= 15 is 0 Å². The van der Waals surface area contributed by atoms with Gasteiger partial charge < -0.3 is 9.84 Å². The molecule has 3 aromatic carbocycles. The highest BCUT2D eigenvalue weighted by molar-refractivity contribution is 6.08. The molecule has 124 valence electrons. The zero-order valence-electron chi connectivity index (χ0n) is 13.6. The van der Waals surface area contributed by atoms with Crippen LogP contribution in [0.3, 0.4) is 0 Å². The lowest BCUT2D eigenvalue weighted by atomic mass is 10.1. The maximum atomic E-state index is 12.2. The van der Waals surface area contributed by atoms with Crippen molar-refractivity contribution in [1.82, 2.24) is 0 Å². The Balaban J connectivity index is 1.67. The quantitative estimate of drug-likeness (QED) is 0.518. The molecular weight excluding hydrogens is 312 g/mol. The highest BCUT2D eigenvalue weighted by Crippen LogP contribution is 2.25. The van der Waals surface area contributed by atoms with Gasteiger partial charge in [-0.25, -0.2) is 0 Å². The number of ketones is 1. The average molecular weight is 330 g/mol. The Kier molecular flexibility index (Phi) is 5.27. The summed E-state index contributed by atoms with van der Waals surface area (Å²) in [5.41, 5.74) is 2.21. The van der Waals surface area contributed by atoms with E-state index in [0.717, 1.165) is 11.1 Å². The summed E-state index contributed by atoms with van der Waals surface area (Å²) in [6, 6.07) is 24.0. The molecule has 0 spiro atoms. The summed E-state index contributed by atoms with van der Waals surface area (Å²) in [7, 11) is 0. The van der Waals surface area contributed by atoms with Crippen molar-refractivity contribution in [1.29, 1.82) is 0 Å². The second-order valence-corrected chi connectivity index (χ2v) is 5.56. The van der Waals surface area contributed by atoms with Gasteiger partial charge in [0.15, 0.2) is 5.78 Å². The Bertz CT molecular complexity index is 868. The number of rotatable bonds is 6. The molecule has 0 fully saturated rings. The molecule has 0 heterocycles. The number of carbonyl (C=O) groups excluding carboxylic acids is 1. The first-order valence-electron chi connectivity index (χ1n) is 7.99. The molecule has 0 radical (unpaired) electrons. The van der Waals surface area contributed by atoms with Crippen LogP contribution in [0.2, 0.25) is 0 Å². The molecule has 1 N–H and O–H groups in total. The molecule has 25 heavy (non-hydrogen) atoms. The Morgan fingerprint density at radius 2 is 1.60 bits per heavy atom. The minimum absolute atomic E-state index is 0.0896. The van der Waals surface area contributed by atoms with E-state index < -0.39 is 0 Å². The number of benzene rings is 3. The molecule has 0 aromatic heterocycles. The molecule has 3 rings (SSSR count). The fourth-order valence-electron chi connectivity index (χ4n) is 2.38. The summed E-state index contributed by atoms with van der Waals surface area (Å²) in [5, 5.41) is 10.1. The molecule has 0 aliphatic heterocycles. The summed E-state index contributed by atoms with van der Waals surface area (Å²) >= 11 is 0. The van der Waals surface area contributed by atoms with Crippen molar-refractivity contribution in [3.05, 3.63) is 102 Å². The lowest BCUT2D eigenvalue weighted by Gasteiger charge is -2.08. The van der Waals surface area contributed by atoms with Crippen LogP contribution in [0.1, 0.15) is 21.5 Å². The Hall–Kier alpha value is -3.33. The van der Waals surface area contributed by atoms with Gasteiger partial charge in [-0.15, -0.1) is 0 Å². The second kappa shape index (κ2) is 7.97. The first kappa shape index (κ1) is 16.5. The van der Waals surface area contributed by atoms with Crippen molar-refractivity contribution in [2.45, 2.75) is 6.61 Å². The minimum atomic E-state index is -0.254. The van der Waals surface area contributed by atoms with Crippen molar-refractivity contribution >= 4 is 11.9 Å². The predicted octanol–water partition coefficient (Wildman–Crippen LogP) is 4.87. The van der Waals surface area contributed by atoms with E-state index in [1.54, 1.807) is 18.2 Å². The van der Waals surface area contributed by atoms with E-state index in [1.807, 2.05) is 60.7 Å². The van der Waals surface area contributed by atoms with Gasteiger partial charge in [-0.1, -0.05) is 66.7 Å². The van der Waals surface area contributed by atoms with Crippen LogP contribution >= 0.6 is 0 Å². The maximum Gasteiger partial charge on any atom is 0.189 e. The van der Waals surface area contributed by atoms with Crippen molar-refractivity contribution in [2.24, 2.45) is 0 Å². The summed E-state index contributed by atoms with van der Waals surface area (Å²) in [5.74, 6) is 0.175. The van der Waals surface area contributed by atoms with Gasteiger partial charge in [0.25, 0.3) is 0 Å². The standard InChI is InChI=1S/C22H18O3/c23-21(14-11-17-7-3-1-4-8-17)20-13-12-19(15-22(20)24)25-16-18-9-5-2-6-10-18/h1-15,24H,16H2/b14-11-. The highest BCUT2D eigenvalue weighted by atomic mass is 16.5. The molecule has 0 aliphatic rings. The minimum Gasteiger partial charge on any atom is -0.507 e. The third-order valence-electron chi connectivity index (χ3n) is 3.71. The van der Waals surface area contributed by atoms with Gasteiger partial charge >= 0.3 is 0 Å². The number of carbonyl (C=O) groups is 1. The Labute approximate surface area is 146 Å². The van der Waals surface area contributed by atoms with Crippen LogP contribution in [0.5, 0.6) is 11.5 Å². The summed E-state index contributed by atoms with van der Waals surface area (Å²) in [6.45, 7) is 0.404. The van der Waals surface area contributed by atoms with Gasteiger partial charge in [-0.3, -0.25) is 4.79 Å². The van der Waals surface area contributed by atoms with Gasteiger partial charge in [0.1, 0.15) is 18.1 Å². The molecule has 0 amide bonds. The topological polar surface area (TPSA) is 46.5 Å². The van der Waals surface area contributed by atoms with Crippen LogP contribution in [-0.2, 0) is 6.61 Å². The molecule has 3 aromatic rings. The maximum absolute atomic E-state index is 12.2. The van der Waals surface area contributed by atoms with E-state index in [2.05, 4.69) is 0 Å². The molecule has 0 atom stereocenters. The monoisotopic (exact) mass is 330 g/mol.